The number of aliphatic carboxylic acids is 1. The molecule has 2 saturated carbocycles. The highest BCUT2D eigenvalue weighted by Gasteiger charge is 2.54. The van der Waals surface area contributed by atoms with E-state index in [4.69, 9.17) is 0 Å². The second-order valence-electron chi connectivity index (χ2n) is 7.57. The summed E-state index contributed by atoms with van der Waals surface area (Å²) in [6.07, 6.45) is 2.75. The summed E-state index contributed by atoms with van der Waals surface area (Å²) in [4.78, 5) is 29.0. The third-order valence-corrected chi connectivity index (χ3v) is 6.67. The van der Waals surface area contributed by atoms with Crippen molar-refractivity contribution in [2.75, 3.05) is 5.32 Å². The van der Waals surface area contributed by atoms with Crippen LogP contribution in [0.4, 0.5) is 5.13 Å². The number of anilines is 1. The summed E-state index contributed by atoms with van der Waals surface area (Å²) in [7, 11) is 0. The van der Waals surface area contributed by atoms with Crippen LogP contribution in [0.15, 0.2) is 23.6 Å². The Hall–Kier alpha value is -2.21. The van der Waals surface area contributed by atoms with Crippen LogP contribution < -0.4 is 5.32 Å². The van der Waals surface area contributed by atoms with E-state index in [2.05, 4.69) is 28.5 Å². The molecule has 4 rings (SSSR count). The zero-order valence-corrected chi connectivity index (χ0v) is 15.7. The molecular formula is C20H22N2O3S. The molecular weight excluding hydrogens is 348 g/mol. The predicted molar refractivity (Wildman–Crippen MR) is 101 cm³/mol. The minimum Gasteiger partial charge on any atom is -0.481 e. The van der Waals surface area contributed by atoms with Crippen LogP contribution in [0.1, 0.15) is 30.4 Å². The van der Waals surface area contributed by atoms with Crippen molar-refractivity contribution in [2.45, 2.75) is 33.1 Å². The van der Waals surface area contributed by atoms with Gasteiger partial charge in [-0.3, -0.25) is 9.59 Å². The molecule has 2 fully saturated rings. The number of carboxylic acid groups (broad SMARTS) is 1. The van der Waals surface area contributed by atoms with Gasteiger partial charge in [0.15, 0.2) is 5.13 Å². The van der Waals surface area contributed by atoms with Gasteiger partial charge < -0.3 is 10.4 Å². The van der Waals surface area contributed by atoms with Gasteiger partial charge in [-0.1, -0.05) is 17.7 Å². The van der Waals surface area contributed by atoms with Crippen molar-refractivity contribution in [1.82, 2.24) is 4.98 Å². The highest BCUT2D eigenvalue weighted by molar-refractivity contribution is 7.14. The van der Waals surface area contributed by atoms with Gasteiger partial charge in [0.25, 0.3) is 0 Å². The number of carbonyl (C=O) groups is 2. The number of carboxylic acids is 1. The number of aromatic nitrogens is 1. The summed E-state index contributed by atoms with van der Waals surface area (Å²) in [5, 5.41) is 14.9. The zero-order valence-electron chi connectivity index (χ0n) is 14.9. The first-order chi connectivity index (χ1) is 12.4. The quantitative estimate of drug-likeness (QED) is 0.849. The smallest absolute Gasteiger partial charge is 0.307 e. The molecule has 6 heteroatoms. The molecule has 4 atom stereocenters. The van der Waals surface area contributed by atoms with E-state index in [0.29, 0.717) is 5.13 Å². The fourth-order valence-electron chi connectivity index (χ4n) is 4.68. The lowest BCUT2D eigenvalue weighted by molar-refractivity contribution is -0.148. The molecule has 5 nitrogen and oxygen atoms in total. The minimum atomic E-state index is -0.840. The Morgan fingerprint density at radius 1 is 1.19 bits per heavy atom. The van der Waals surface area contributed by atoms with Gasteiger partial charge >= 0.3 is 5.97 Å². The van der Waals surface area contributed by atoms with Gasteiger partial charge in [0, 0.05) is 10.9 Å². The van der Waals surface area contributed by atoms with Crippen LogP contribution in [0.2, 0.25) is 0 Å². The number of nitrogens with zero attached hydrogens (tertiary/aromatic N) is 1. The predicted octanol–water partition coefficient (Wildman–Crippen LogP) is 4.11. The summed E-state index contributed by atoms with van der Waals surface area (Å²) in [6, 6.07) is 6.22. The van der Waals surface area contributed by atoms with Crippen LogP contribution in [-0.2, 0) is 9.59 Å². The molecule has 0 radical (unpaired) electrons. The van der Waals surface area contributed by atoms with Crippen molar-refractivity contribution in [3.63, 3.8) is 0 Å². The topological polar surface area (TPSA) is 79.3 Å². The van der Waals surface area contributed by atoms with E-state index < -0.39 is 17.8 Å². The molecule has 0 saturated heterocycles. The lowest BCUT2D eigenvalue weighted by Gasteiger charge is -2.26. The molecule has 136 valence electrons. The van der Waals surface area contributed by atoms with Gasteiger partial charge in [-0.25, -0.2) is 4.98 Å². The van der Waals surface area contributed by atoms with Gasteiger partial charge in [0.05, 0.1) is 17.5 Å². The summed E-state index contributed by atoms with van der Waals surface area (Å²) in [5.74, 6) is -1.67. The van der Waals surface area contributed by atoms with E-state index in [1.54, 1.807) is 0 Å². The van der Waals surface area contributed by atoms with Crippen molar-refractivity contribution in [3.05, 3.63) is 34.7 Å². The molecule has 2 N–H and O–H groups in total. The number of hydrogen-bond donors (Lipinski definition) is 2. The largest absolute Gasteiger partial charge is 0.481 e. The SMILES string of the molecule is Cc1ccc(C)c(-c2csc(NC(=O)[C@@H]3[C@H]4CC[C@H](C4)[C@H]3C(=O)O)n2)c1. The molecule has 1 amide bonds. The monoisotopic (exact) mass is 370 g/mol. The maximum absolute atomic E-state index is 12.8. The van der Waals surface area contributed by atoms with Crippen molar-refractivity contribution in [3.8, 4) is 11.3 Å². The normalized spacial score (nSPS) is 26.8. The third kappa shape index (κ3) is 2.92. The molecule has 2 aliphatic carbocycles. The van der Waals surface area contributed by atoms with Crippen molar-refractivity contribution < 1.29 is 14.7 Å². The average molecular weight is 370 g/mol. The maximum Gasteiger partial charge on any atom is 0.307 e. The van der Waals surface area contributed by atoms with Crippen LogP contribution in [0.25, 0.3) is 11.3 Å². The first-order valence-corrected chi connectivity index (χ1v) is 9.89. The van der Waals surface area contributed by atoms with Crippen LogP contribution in [0, 0.1) is 37.5 Å². The fourth-order valence-corrected chi connectivity index (χ4v) is 5.39. The number of thiazole rings is 1. The average Bonchev–Trinajstić information content (AvgIpc) is 3.32. The Balaban J connectivity index is 1.53. The number of hydrogen-bond acceptors (Lipinski definition) is 4. The first-order valence-electron chi connectivity index (χ1n) is 9.01. The maximum atomic E-state index is 12.8. The van der Waals surface area contributed by atoms with Crippen molar-refractivity contribution in [2.24, 2.45) is 23.7 Å². The van der Waals surface area contributed by atoms with Crippen molar-refractivity contribution in [1.29, 1.82) is 0 Å². The summed E-state index contributed by atoms with van der Waals surface area (Å²) in [6.45, 7) is 4.08. The van der Waals surface area contributed by atoms with Gasteiger partial charge in [0.1, 0.15) is 0 Å². The Labute approximate surface area is 156 Å². The number of rotatable bonds is 4. The van der Waals surface area contributed by atoms with Gasteiger partial charge in [-0.15, -0.1) is 11.3 Å². The molecule has 0 spiro atoms. The Bertz CT molecular complexity index is 876. The second-order valence-corrected chi connectivity index (χ2v) is 8.43. The fraction of sp³-hybridized carbons (Fsp3) is 0.450. The van der Waals surface area contributed by atoms with E-state index in [9.17, 15) is 14.7 Å². The Morgan fingerprint density at radius 2 is 1.92 bits per heavy atom. The van der Waals surface area contributed by atoms with Crippen LogP contribution >= 0.6 is 11.3 Å². The van der Waals surface area contributed by atoms with E-state index in [1.807, 2.05) is 19.2 Å². The molecule has 1 aromatic heterocycles. The Morgan fingerprint density at radius 3 is 2.65 bits per heavy atom. The van der Waals surface area contributed by atoms with Crippen LogP contribution in [-0.4, -0.2) is 22.0 Å². The standard InChI is InChI=1S/C20H22N2O3S/c1-10-3-4-11(2)14(7-10)15-9-26-20(21-15)22-18(23)16-12-5-6-13(8-12)17(16)19(24)25/h3-4,7,9,12-13,16-17H,5-6,8H2,1-2H3,(H,24,25)(H,21,22,23)/t12-,13+,16+,17+/m0/s1. The number of carbonyl (C=O) groups excluding carboxylic acids is 1. The number of aryl methyl sites for hydroxylation is 2. The summed E-state index contributed by atoms with van der Waals surface area (Å²) >= 11 is 1.39. The zero-order chi connectivity index (χ0) is 18.4. The van der Waals surface area contributed by atoms with Crippen LogP contribution in [0.3, 0.4) is 0 Å². The van der Waals surface area contributed by atoms with E-state index in [0.717, 1.165) is 41.6 Å². The van der Waals surface area contributed by atoms with Crippen LogP contribution in [0.5, 0.6) is 0 Å². The second kappa shape index (κ2) is 6.50. The molecule has 26 heavy (non-hydrogen) atoms. The summed E-state index contributed by atoms with van der Waals surface area (Å²) < 4.78 is 0. The highest BCUT2D eigenvalue weighted by Crippen LogP contribution is 2.52. The first kappa shape index (κ1) is 17.2. The molecule has 2 aromatic rings. The lowest BCUT2D eigenvalue weighted by atomic mass is 9.79. The minimum absolute atomic E-state index is 0.148. The number of fused-ring (bicyclic) bond motifs is 2. The van der Waals surface area contributed by atoms with E-state index >= 15 is 0 Å². The molecule has 0 aliphatic heterocycles. The van der Waals surface area contributed by atoms with E-state index in [-0.39, 0.29) is 17.7 Å². The molecule has 1 aromatic carbocycles. The van der Waals surface area contributed by atoms with E-state index in [1.165, 1.54) is 11.3 Å². The molecule has 2 bridgehead atoms. The lowest BCUT2D eigenvalue weighted by Crippen LogP contribution is -2.37. The van der Waals surface area contributed by atoms with Gasteiger partial charge in [0.2, 0.25) is 5.91 Å². The summed E-state index contributed by atoms with van der Waals surface area (Å²) in [5.41, 5.74) is 4.20. The molecule has 0 unspecified atom stereocenters. The van der Waals surface area contributed by atoms with Gasteiger partial charge in [-0.2, -0.15) is 0 Å². The number of nitrogens with one attached hydrogen (secondary N) is 1. The number of benzene rings is 1. The highest BCUT2D eigenvalue weighted by atomic mass is 32.1. The third-order valence-electron chi connectivity index (χ3n) is 5.91. The number of amides is 1. The molecule has 2 aliphatic rings. The van der Waals surface area contributed by atoms with Gasteiger partial charge in [-0.05, 0) is 56.6 Å². The van der Waals surface area contributed by atoms with Crippen molar-refractivity contribution >= 4 is 28.3 Å². The Kier molecular flexibility index (Phi) is 4.31. The molecule has 1 heterocycles.